The molecule has 30 heavy (non-hydrogen) atoms. The maximum Gasteiger partial charge on any atom is 0.437 e. The van der Waals surface area contributed by atoms with Crippen LogP contribution in [-0.2, 0) is 11.0 Å². The predicted molar refractivity (Wildman–Crippen MR) is 97.8 cm³/mol. The van der Waals surface area contributed by atoms with Crippen LogP contribution in [0.1, 0.15) is 21.8 Å². The normalized spacial score (nSPS) is 12.6. The number of pyridine rings is 1. The van der Waals surface area contributed by atoms with Crippen LogP contribution in [0.25, 0.3) is 11.0 Å². The third-order valence-electron chi connectivity index (χ3n) is 4.16. The van der Waals surface area contributed by atoms with Crippen LogP contribution in [0.3, 0.4) is 0 Å². The molecule has 8 nitrogen and oxygen atoms in total. The summed E-state index contributed by atoms with van der Waals surface area (Å²) in [6, 6.07) is 5.23. The molecule has 0 fully saturated rings. The number of aryl methyl sites for hydroxylation is 1. The Bertz CT molecular complexity index is 1110. The maximum absolute atomic E-state index is 13.1. The van der Waals surface area contributed by atoms with E-state index >= 15 is 0 Å². The molecular weight excluding hydrogens is 407 g/mol. The standard InChI is InChI=1S/C19H16F3N3O5/c1-9-15(18(28)25-12(8-26)17(23)27)11-7-10(4-5-13(11)29-9)30-14-3-2-6-24-16(14)19(20,21)22/h2-7,12,26H,8H2,1H3,(H2,23,27)(H,25,28)/t12-/m0/s1. The number of hydrogen-bond acceptors (Lipinski definition) is 6. The number of rotatable bonds is 6. The molecule has 0 aliphatic carbocycles. The second-order valence-corrected chi connectivity index (χ2v) is 6.25. The van der Waals surface area contributed by atoms with Crippen LogP contribution in [0.2, 0.25) is 0 Å². The third kappa shape index (κ3) is 4.20. The summed E-state index contributed by atoms with van der Waals surface area (Å²) in [5.41, 5.74) is 4.20. The number of fused-ring (bicyclic) bond motifs is 1. The quantitative estimate of drug-likeness (QED) is 0.559. The molecule has 158 valence electrons. The van der Waals surface area contributed by atoms with E-state index in [1.165, 1.54) is 31.2 Å². The smallest absolute Gasteiger partial charge is 0.437 e. The monoisotopic (exact) mass is 423 g/mol. The molecule has 0 saturated heterocycles. The summed E-state index contributed by atoms with van der Waals surface area (Å²) in [7, 11) is 0. The minimum atomic E-state index is -4.72. The fourth-order valence-electron chi connectivity index (χ4n) is 2.79. The Kier molecular flexibility index (Phi) is 5.65. The lowest BCUT2D eigenvalue weighted by Crippen LogP contribution is -2.46. The van der Waals surface area contributed by atoms with E-state index in [9.17, 15) is 22.8 Å². The van der Waals surface area contributed by atoms with E-state index in [-0.39, 0.29) is 28.0 Å². The van der Waals surface area contributed by atoms with E-state index in [1.54, 1.807) is 0 Å². The van der Waals surface area contributed by atoms with Crippen molar-refractivity contribution in [1.29, 1.82) is 0 Å². The highest BCUT2D eigenvalue weighted by Crippen LogP contribution is 2.37. The van der Waals surface area contributed by atoms with Crippen LogP contribution in [0.5, 0.6) is 11.5 Å². The fourth-order valence-corrected chi connectivity index (χ4v) is 2.79. The summed E-state index contributed by atoms with van der Waals surface area (Å²) in [5, 5.41) is 11.7. The highest BCUT2D eigenvalue weighted by Gasteiger charge is 2.36. The zero-order chi connectivity index (χ0) is 22.1. The summed E-state index contributed by atoms with van der Waals surface area (Å²) in [5.74, 6) is -2.00. The van der Waals surface area contributed by atoms with E-state index in [0.717, 1.165) is 12.3 Å². The molecule has 0 aliphatic heterocycles. The van der Waals surface area contributed by atoms with E-state index in [2.05, 4.69) is 10.3 Å². The van der Waals surface area contributed by atoms with Gasteiger partial charge >= 0.3 is 6.18 Å². The van der Waals surface area contributed by atoms with E-state index in [1.807, 2.05) is 0 Å². The summed E-state index contributed by atoms with van der Waals surface area (Å²) in [4.78, 5) is 27.2. The Hall–Kier alpha value is -3.60. The van der Waals surface area contributed by atoms with Crippen molar-refractivity contribution in [3.63, 3.8) is 0 Å². The van der Waals surface area contributed by atoms with Gasteiger partial charge in [-0.25, -0.2) is 4.98 Å². The highest BCUT2D eigenvalue weighted by molar-refractivity contribution is 6.08. The summed E-state index contributed by atoms with van der Waals surface area (Å²) < 4.78 is 50.2. The lowest BCUT2D eigenvalue weighted by atomic mass is 10.1. The van der Waals surface area contributed by atoms with Crippen LogP contribution in [0, 0.1) is 6.92 Å². The van der Waals surface area contributed by atoms with E-state index in [0.29, 0.717) is 0 Å². The van der Waals surface area contributed by atoms with Gasteiger partial charge in [-0.2, -0.15) is 13.2 Å². The van der Waals surface area contributed by atoms with Gasteiger partial charge < -0.3 is 25.3 Å². The maximum atomic E-state index is 13.1. The molecule has 0 spiro atoms. The van der Waals surface area contributed by atoms with Crippen molar-refractivity contribution in [2.45, 2.75) is 19.1 Å². The molecule has 4 N–H and O–H groups in total. The molecule has 2 heterocycles. The van der Waals surface area contributed by atoms with Crippen LogP contribution in [0.15, 0.2) is 40.9 Å². The number of hydrogen-bond donors (Lipinski definition) is 3. The van der Waals surface area contributed by atoms with Crippen molar-refractivity contribution < 1.29 is 37.0 Å². The number of alkyl halides is 3. The number of benzene rings is 1. The number of nitrogens with zero attached hydrogens (tertiary/aromatic N) is 1. The molecule has 0 aliphatic rings. The van der Waals surface area contributed by atoms with Gasteiger partial charge in [0.25, 0.3) is 5.91 Å². The van der Waals surface area contributed by atoms with Crippen molar-refractivity contribution in [3.8, 4) is 11.5 Å². The van der Waals surface area contributed by atoms with Crippen LogP contribution >= 0.6 is 0 Å². The van der Waals surface area contributed by atoms with Crippen LogP contribution in [-0.4, -0.2) is 34.6 Å². The zero-order valence-corrected chi connectivity index (χ0v) is 15.5. The Morgan fingerprint density at radius 2 is 2.07 bits per heavy atom. The van der Waals surface area contributed by atoms with Gasteiger partial charge in [-0.05, 0) is 37.3 Å². The molecule has 3 rings (SSSR count). The Balaban J connectivity index is 1.98. The first kappa shape index (κ1) is 21.1. The van der Waals surface area contributed by atoms with Gasteiger partial charge in [-0.3, -0.25) is 9.59 Å². The molecule has 11 heteroatoms. The number of aliphatic hydroxyl groups is 1. The largest absolute Gasteiger partial charge is 0.461 e. The van der Waals surface area contributed by atoms with Gasteiger partial charge in [0.2, 0.25) is 5.91 Å². The number of nitrogens with two attached hydrogens (primary N) is 1. The van der Waals surface area contributed by atoms with E-state index < -0.39 is 42.1 Å². The Labute approximate surface area is 167 Å². The summed E-state index contributed by atoms with van der Waals surface area (Å²) >= 11 is 0. The number of aliphatic hydroxyl groups excluding tert-OH is 1. The average Bonchev–Trinajstić information content (AvgIpc) is 3.00. The van der Waals surface area contributed by atoms with Gasteiger partial charge in [0.05, 0.1) is 12.2 Å². The number of carbonyl (C=O) groups excluding carboxylic acids is 2. The number of amides is 2. The number of ether oxygens (including phenoxy) is 1. The molecule has 0 saturated carbocycles. The third-order valence-corrected chi connectivity index (χ3v) is 4.16. The second kappa shape index (κ2) is 8.03. The van der Waals surface area contributed by atoms with Gasteiger partial charge in [0.15, 0.2) is 11.4 Å². The summed E-state index contributed by atoms with van der Waals surface area (Å²) in [6.45, 7) is 0.794. The van der Waals surface area contributed by atoms with E-state index in [4.69, 9.17) is 20.0 Å². The van der Waals surface area contributed by atoms with Crippen molar-refractivity contribution in [2.24, 2.45) is 5.73 Å². The van der Waals surface area contributed by atoms with Crippen molar-refractivity contribution in [3.05, 3.63) is 53.5 Å². The van der Waals surface area contributed by atoms with Gasteiger partial charge in [-0.15, -0.1) is 0 Å². The lowest BCUT2D eigenvalue weighted by Gasteiger charge is -2.13. The predicted octanol–water partition coefficient (Wildman–Crippen LogP) is 2.52. The zero-order valence-electron chi connectivity index (χ0n) is 15.5. The minimum absolute atomic E-state index is 0.00413. The van der Waals surface area contributed by atoms with Crippen LogP contribution < -0.4 is 15.8 Å². The molecule has 1 aromatic carbocycles. The Morgan fingerprint density at radius 3 is 2.70 bits per heavy atom. The number of nitrogens with one attached hydrogen (secondary N) is 1. The summed E-state index contributed by atoms with van der Waals surface area (Å²) in [6.07, 6.45) is -3.72. The molecule has 2 aromatic heterocycles. The Morgan fingerprint density at radius 1 is 1.33 bits per heavy atom. The van der Waals surface area contributed by atoms with Crippen molar-refractivity contribution in [2.75, 3.05) is 6.61 Å². The van der Waals surface area contributed by atoms with Crippen molar-refractivity contribution >= 4 is 22.8 Å². The van der Waals surface area contributed by atoms with Gasteiger partial charge in [0, 0.05) is 11.6 Å². The SMILES string of the molecule is Cc1oc2ccc(Oc3cccnc3C(F)(F)F)cc2c1C(=O)N[C@@H](CO)C(N)=O. The highest BCUT2D eigenvalue weighted by atomic mass is 19.4. The number of carbonyl (C=O) groups is 2. The molecule has 1 atom stereocenters. The number of halogens is 3. The topological polar surface area (TPSA) is 128 Å². The molecule has 0 radical (unpaired) electrons. The van der Waals surface area contributed by atoms with Gasteiger partial charge in [0.1, 0.15) is 23.1 Å². The fraction of sp³-hybridized carbons (Fsp3) is 0.211. The number of furan rings is 1. The number of aromatic nitrogens is 1. The first-order chi connectivity index (χ1) is 14.1. The van der Waals surface area contributed by atoms with Crippen molar-refractivity contribution in [1.82, 2.24) is 10.3 Å². The molecular formula is C19H16F3N3O5. The first-order valence-electron chi connectivity index (χ1n) is 8.56. The average molecular weight is 423 g/mol. The van der Waals surface area contributed by atoms with Gasteiger partial charge in [-0.1, -0.05) is 0 Å². The van der Waals surface area contributed by atoms with Crippen LogP contribution in [0.4, 0.5) is 13.2 Å². The second-order valence-electron chi connectivity index (χ2n) is 6.25. The number of primary amides is 1. The first-order valence-corrected chi connectivity index (χ1v) is 8.56. The molecule has 3 aromatic rings. The minimum Gasteiger partial charge on any atom is -0.461 e. The lowest BCUT2D eigenvalue weighted by molar-refractivity contribution is -0.142. The molecule has 0 bridgehead atoms. The molecule has 2 amide bonds. The molecule has 0 unspecified atom stereocenters.